The maximum atomic E-state index is 5.74. The third-order valence-electron chi connectivity index (χ3n) is 2.26. The molecule has 0 spiro atoms. The van der Waals surface area contributed by atoms with E-state index >= 15 is 0 Å². The Morgan fingerprint density at radius 2 is 2.36 bits per heavy atom. The molecule has 0 saturated heterocycles. The fourth-order valence-corrected chi connectivity index (χ4v) is 1.53. The van der Waals surface area contributed by atoms with Crippen LogP contribution in [0.25, 0.3) is 0 Å². The van der Waals surface area contributed by atoms with Crippen molar-refractivity contribution in [2.75, 3.05) is 0 Å². The summed E-state index contributed by atoms with van der Waals surface area (Å²) in [6.07, 6.45) is 1.12. The number of nitrogens with two attached hydrogens (primary N) is 1. The van der Waals surface area contributed by atoms with Gasteiger partial charge in [0.15, 0.2) is 0 Å². The predicted octanol–water partition coefficient (Wildman–Crippen LogP) is 0.543. The van der Waals surface area contributed by atoms with Crippen molar-refractivity contribution in [1.82, 2.24) is 9.78 Å². The molecule has 3 nitrogen and oxygen atoms in total. The van der Waals surface area contributed by atoms with E-state index in [2.05, 4.69) is 11.2 Å². The van der Waals surface area contributed by atoms with Crippen LogP contribution in [0, 0.1) is 6.92 Å². The van der Waals surface area contributed by atoms with Gasteiger partial charge in [-0.1, -0.05) is 0 Å². The lowest BCUT2D eigenvalue weighted by molar-refractivity contribution is 0.701. The molecule has 1 fully saturated rings. The Bertz CT molecular complexity index is 277. The zero-order valence-corrected chi connectivity index (χ0v) is 6.91. The van der Waals surface area contributed by atoms with E-state index in [9.17, 15) is 0 Å². The number of hydrogen-bond donors (Lipinski definition) is 1. The molecule has 0 aliphatic heterocycles. The SMILES string of the molecule is Cc1cc([C@@H]2C[C@H]2N)n(C)n1. The number of rotatable bonds is 1. The van der Waals surface area contributed by atoms with Gasteiger partial charge in [-0.05, 0) is 19.4 Å². The molecule has 1 aromatic rings. The fraction of sp³-hybridized carbons (Fsp3) is 0.625. The summed E-state index contributed by atoms with van der Waals surface area (Å²) < 4.78 is 1.94. The largest absolute Gasteiger partial charge is 0.327 e. The lowest BCUT2D eigenvalue weighted by Gasteiger charge is -1.96. The quantitative estimate of drug-likeness (QED) is 0.636. The van der Waals surface area contributed by atoms with Crippen LogP contribution in [0.1, 0.15) is 23.7 Å². The van der Waals surface area contributed by atoms with Crippen molar-refractivity contribution in [2.45, 2.75) is 25.3 Å². The second kappa shape index (κ2) is 2.08. The summed E-state index contributed by atoms with van der Waals surface area (Å²) in [6.45, 7) is 2.01. The molecule has 0 radical (unpaired) electrons. The fourth-order valence-electron chi connectivity index (χ4n) is 1.53. The van der Waals surface area contributed by atoms with E-state index in [0.717, 1.165) is 12.1 Å². The molecule has 0 aromatic carbocycles. The van der Waals surface area contributed by atoms with Crippen LogP contribution in [-0.2, 0) is 7.05 Å². The van der Waals surface area contributed by atoms with Gasteiger partial charge in [-0.15, -0.1) is 0 Å². The summed E-state index contributed by atoms with van der Waals surface area (Å²) in [5.41, 5.74) is 8.11. The third kappa shape index (κ3) is 1.05. The molecule has 11 heavy (non-hydrogen) atoms. The van der Waals surface area contributed by atoms with Crippen LogP contribution < -0.4 is 5.73 Å². The van der Waals surface area contributed by atoms with E-state index in [4.69, 9.17) is 5.73 Å². The average Bonchev–Trinajstić information content (AvgIpc) is 2.52. The van der Waals surface area contributed by atoms with E-state index in [1.165, 1.54) is 5.69 Å². The van der Waals surface area contributed by atoms with Crippen molar-refractivity contribution in [3.8, 4) is 0 Å². The van der Waals surface area contributed by atoms with Crippen molar-refractivity contribution in [3.63, 3.8) is 0 Å². The first-order chi connectivity index (χ1) is 5.18. The number of nitrogens with zero attached hydrogens (tertiary/aromatic N) is 2. The summed E-state index contributed by atoms with van der Waals surface area (Å²) in [5.74, 6) is 0.571. The molecular weight excluding hydrogens is 138 g/mol. The van der Waals surface area contributed by atoms with Gasteiger partial charge in [-0.25, -0.2) is 0 Å². The highest BCUT2D eigenvalue weighted by Crippen LogP contribution is 2.38. The van der Waals surface area contributed by atoms with Gasteiger partial charge in [-0.3, -0.25) is 4.68 Å². The molecular formula is C8H13N3. The molecule has 2 atom stereocenters. The van der Waals surface area contributed by atoms with Gasteiger partial charge in [0.1, 0.15) is 0 Å². The highest BCUT2D eigenvalue weighted by Gasteiger charge is 2.37. The molecule has 1 heterocycles. The van der Waals surface area contributed by atoms with Crippen LogP contribution >= 0.6 is 0 Å². The number of hydrogen-bond acceptors (Lipinski definition) is 2. The average molecular weight is 151 g/mol. The van der Waals surface area contributed by atoms with Crippen molar-refractivity contribution in [2.24, 2.45) is 12.8 Å². The van der Waals surface area contributed by atoms with Crippen molar-refractivity contribution in [1.29, 1.82) is 0 Å². The van der Waals surface area contributed by atoms with Crippen LogP contribution in [0.5, 0.6) is 0 Å². The second-order valence-electron chi connectivity index (χ2n) is 3.34. The lowest BCUT2D eigenvalue weighted by atomic mass is 10.2. The number of aromatic nitrogens is 2. The van der Waals surface area contributed by atoms with E-state index < -0.39 is 0 Å². The maximum Gasteiger partial charge on any atom is 0.0596 e. The van der Waals surface area contributed by atoms with Gasteiger partial charge < -0.3 is 5.73 Å². The zero-order valence-electron chi connectivity index (χ0n) is 6.91. The van der Waals surface area contributed by atoms with Crippen LogP contribution in [0.3, 0.4) is 0 Å². The Morgan fingerprint density at radius 3 is 2.73 bits per heavy atom. The topological polar surface area (TPSA) is 43.8 Å². The Kier molecular flexibility index (Phi) is 1.29. The van der Waals surface area contributed by atoms with Gasteiger partial charge in [-0.2, -0.15) is 5.10 Å². The highest BCUT2D eigenvalue weighted by atomic mass is 15.3. The first kappa shape index (κ1) is 6.85. The zero-order chi connectivity index (χ0) is 8.01. The van der Waals surface area contributed by atoms with E-state index in [1.54, 1.807) is 0 Å². The van der Waals surface area contributed by atoms with Crippen molar-refractivity contribution >= 4 is 0 Å². The summed E-state index contributed by atoms with van der Waals surface area (Å²) in [6, 6.07) is 2.50. The molecule has 3 heteroatoms. The summed E-state index contributed by atoms with van der Waals surface area (Å²) >= 11 is 0. The summed E-state index contributed by atoms with van der Waals surface area (Å²) in [5, 5.41) is 4.27. The second-order valence-corrected chi connectivity index (χ2v) is 3.34. The predicted molar refractivity (Wildman–Crippen MR) is 43.3 cm³/mol. The Morgan fingerprint density at radius 1 is 1.73 bits per heavy atom. The third-order valence-corrected chi connectivity index (χ3v) is 2.26. The lowest BCUT2D eigenvalue weighted by Crippen LogP contribution is -2.04. The molecule has 1 aliphatic rings. The van der Waals surface area contributed by atoms with Gasteiger partial charge in [0.25, 0.3) is 0 Å². The van der Waals surface area contributed by atoms with Crippen LogP contribution in [-0.4, -0.2) is 15.8 Å². The molecule has 2 rings (SSSR count). The maximum absolute atomic E-state index is 5.74. The monoisotopic (exact) mass is 151 g/mol. The molecule has 2 N–H and O–H groups in total. The molecule has 1 aliphatic carbocycles. The summed E-state index contributed by atoms with van der Waals surface area (Å²) in [4.78, 5) is 0. The first-order valence-corrected chi connectivity index (χ1v) is 3.94. The Labute approximate surface area is 66.2 Å². The molecule has 1 aromatic heterocycles. The van der Waals surface area contributed by atoms with Crippen molar-refractivity contribution < 1.29 is 0 Å². The highest BCUT2D eigenvalue weighted by molar-refractivity contribution is 5.22. The smallest absolute Gasteiger partial charge is 0.0596 e. The Hall–Kier alpha value is -0.830. The van der Waals surface area contributed by atoms with Gasteiger partial charge in [0.05, 0.1) is 5.69 Å². The minimum Gasteiger partial charge on any atom is -0.327 e. The first-order valence-electron chi connectivity index (χ1n) is 3.94. The molecule has 1 saturated carbocycles. The van der Waals surface area contributed by atoms with E-state index in [0.29, 0.717) is 12.0 Å². The normalized spacial score (nSPS) is 29.0. The standard InChI is InChI=1S/C8H13N3/c1-5-3-8(11(2)10-5)6-4-7(6)9/h3,6-7H,4,9H2,1-2H3/t6-,7-/m1/s1. The molecule has 60 valence electrons. The molecule has 0 bridgehead atoms. The van der Waals surface area contributed by atoms with E-state index in [-0.39, 0.29) is 0 Å². The van der Waals surface area contributed by atoms with Gasteiger partial charge in [0.2, 0.25) is 0 Å². The van der Waals surface area contributed by atoms with Crippen molar-refractivity contribution in [3.05, 3.63) is 17.5 Å². The van der Waals surface area contributed by atoms with Gasteiger partial charge in [0, 0.05) is 24.7 Å². The summed E-state index contributed by atoms with van der Waals surface area (Å²) in [7, 11) is 1.98. The Balaban J connectivity index is 2.30. The molecule has 0 unspecified atom stereocenters. The van der Waals surface area contributed by atoms with Crippen LogP contribution in [0.2, 0.25) is 0 Å². The van der Waals surface area contributed by atoms with Gasteiger partial charge >= 0.3 is 0 Å². The molecule has 0 amide bonds. The van der Waals surface area contributed by atoms with Crippen LogP contribution in [0.4, 0.5) is 0 Å². The number of aryl methyl sites for hydroxylation is 2. The minimum absolute atomic E-state index is 0.379. The minimum atomic E-state index is 0.379. The van der Waals surface area contributed by atoms with Crippen LogP contribution in [0.15, 0.2) is 6.07 Å². The van der Waals surface area contributed by atoms with E-state index in [1.807, 2.05) is 18.7 Å².